The molecule has 3 N–H and O–H groups in total. The van der Waals surface area contributed by atoms with Crippen molar-refractivity contribution in [2.75, 3.05) is 18.1 Å². The zero-order valence-corrected chi connectivity index (χ0v) is 11.8. The first-order valence-electron chi connectivity index (χ1n) is 5.79. The average Bonchev–Trinajstić information content (AvgIpc) is 2.93. The molecule has 1 aromatic heterocycles. The second-order valence-electron chi connectivity index (χ2n) is 4.24. The van der Waals surface area contributed by atoms with Crippen LogP contribution in [0.1, 0.15) is 21.7 Å². The van der Waals surface area contributed by atoms with Crippen LogP contribution in [0.4, 0.5) is 0 Å². The van der Waals surface area contributed by atoms with Crippen LogP contribution in [0, 0.1) is 11.8 Å². The number of rotatable bonds is 2. The number of hydrogen-bond donors (Lipinski definition) is 2. The highest BCUT2D eigenvalue weighted by molar-refractivity contribution is 7.91. The Bertz CT molecular complexity index is 637. The maximum atomic E-state index is 12.1. The number of thiophene rings is 1. The van der Waals surface area contributed by atoms with E-state index in [2.05, 4.69) is 17.2 Å². The number of carbonyl (C=O) groups excluding carboxylic acids is 1. The highest BCUT2D eigenvalue weighted by atomic mass is 32.2. The molecular formula is C12H14N2O3S2. The van der Waals surface area contributed by atoms with E-state index in [0.717, 1.165) is 0 Å². The normalized spacial score (nSPS) is 20.6. The second-order valence-corrected chi connectivity index (χ2v) is 7.39. The summed E-state index contributed by atoms with van der Waals surface area (Å²) in [5.41, 5.74) is 5.93. The van der Waals surface area contributed by atoms with Gasteiger partial charge in [-0.1, -0.05) is 11.8 Å². The van der Waals surface area contributed by atoms with Crippen molar-refractivity contribution in [2.45, 2.75) is 12.5 Å². The van der Waals surface area contributed by atoms with E-state index < -0.39 is 9.84 Å². The summed E-state index contributed by atoms with van der Waals surface area (Å²) in [5, 5.41) is 4.53. The van der Waals surface area contributed by atoms with Gasteiger partial charge in [0.05, 0.1) is 18.1 Å². The molecule has 0 spiro atoms. The van der Waals surface area contributed by atoms with Crippen LogP contribution in [0.2, 0.25) is 0 Å². The molecule has 1 saturated heterocycles. The van der Waals surface area contributed by atoms with Crippen molar-refractivity contribution in [2.24, 2.45) is 5.73 Å². The molecule has 0 bridgehead atoms. The fourth-order valence-electron chi connectivity index (χ4n) is 1.89. The largest absolute Gasteiger partial charge is 0.348 e. The molecule has 2 heterocycles. The Kier molecular flexibility index (Phi) is 4.24. The molecule has 0 radical (unpaired) electrons. The lowest BCUT2D eigenvalue weighted by molar-refractivity contribution is 0.0945. The predicted octanol–water partition coefficient (Wildman–Crippen LogP) is -0.0248. The molecular weight excluding hydrogens is 284 g/mol. The topological polar surface area (TPSA) is 89.3 Å². The Morgan fingerprint density at radius 1 is 1.58 bits per heavy atom. The van der Waals surface area contributed by atoms with Crippen molar-refractivity contribution < 1.29 is 13.2 Å². The Labute approximate surface area is 116 Å². The third kappa shape index (κ3) is 3.56. The van der Waals surface area contributed by atoms with E-state index in [1.807, 2.05) is 0 Å². The molecule has 1 amide bonds. The summed E-state index contributed by atoms with van der Waals surface area (Å²) in [5.74, 6) is 5.43. The highest BCUT2D eigenvalue weighted by Gasteiger charge is 2.29. The molecule has 1 aliphatic heterocycles. The number of nitrogens with two attached hydrogens (primary N) is 1. The fourth-order valence-corrected chi connectivity index (χ4v) is 4.32. The third-order valence-electron chi connectivity index (χ3n) is 2.76. The summed E-state index contributed by atoms with van der Waals surface area (Å²) in [6.45, 7) is 0.234. The summed E-state index contributed by atoms with van der Waals surface area (Å²) in [7, 11) is -2.99. The van der Waals surface area contributed by atoms with Crippen molar-refractivity contribution in [3.63, 3.8) is 0 Å². The molecule has 1 atom stereocenters. The van der Waals surface area contributed by atoms with Gasteiger partial charge in [-0.3, -0.25) is 4.79 Å². The quantitative estimate of drug-likeness (QED) is 0.751. The van der Waals surface area contributed by atoms with Gasteiger partial charge in [0.2, 0.25) is 0 Å². The van der Waals surface area contributed by atoms with Crippen LogP contribution in [-0.4, -0.2) is 38.4 Å². The third-order valence-corrected chi connectivity index (χ3v) is 5.45. The molecule has 1 aromatic rings. The van der Waals surface area contributed by atoms with E-state index >= 15 is 0 Å². The average molecular weight is 298 g/mol. The zero-order valence-electron chi connectivity index (χ0n) is 10.2. The highest BCUT2D eigenvalue weighted by Crippen LogP contribution is 2.17. The van der Waals surface area contributed by atoms with Crippen LogP contribution in [0.3, 0.4) is 0 Å². The first kappa shape index (κ1) is 14.1. The molecule has 1 unspecified atom stereocenters. The van der Waals surface area contributed by atoms with Crippen molar-refractivity contribution in [1.29, 1.82) is 0 Å². The molecule has 0 aromatic carbocycles. The van der Waals surface area contributed by atoms with E-state index in [0.29, 0.717) is 16.9 Å². The number of hydrogen-bond acceptors (Lipinski definition) is 5. The van der Waals surface area contributed by atoms with Crippen LogP contribution >= 0.6 is 11.3 Å². The van der Waals surface area contributed by atoms with Gasteiger partial charge in [0.15, 0.2) is 9.84 Å². The van der Waals surface area contributed by atoms with Gasteiger partial charge in [-0.25, -0.2) is 8.42 Å². The summed E-state index contributed by atoms with van der Waals surface area (Å²) >= 11 is 1.29. The molecule has 2 rings (SSSR count). The van der Waals surface area contributed by atoms with Gasteiger partial charge in [0.1, 0.15) is 4.88 Å². The summed E-state index contributed by atoms with van der Waals surface area (Å²) in [6.07, 6.45) is 0.475. The van der Waals surface area contributed by atoms with Crippen molar-refractivity contribution in [1.82, 2.24) is 5.32 Å². The lowest BCUT2D eigenvalue weighted by Crippen LogP contribution is -2.35. The van der Waals surface area contributed by atoms with Gasteiger partial charge >= 0.3 is 0 Å². The van der Waals surface area contributed by atoms with Crippen molar-refractivity contribution >= 4 is 27.1 Å². The molecule has 5 nitrogen and oxygen atoms in total. The standard InChI is InChI=1S/C12H14N2O3S2/c13-5-1-2-9-3-6-18-11(9)12(15)14-10-4-7-19(16,17)8-10/h3,6,10H,4-5,7-8,13H2,(H,14,15). The zero-order chi connectivity index (χ0) is 13.9. The van der Waals surface area contributed by atoms with Crippen LogP contribution in [0.5, 0.6) is 0 Å². The van der Waals surface area contributed by atoms with Crippen LogP contribution in [0.25, 0.3) is 0 Å². The van der Waals surface area contributed by atoms with E-state index in [9.17, 15) is 13.2 Å². The van der Waals surface area contributed by atoms with Crippen molar-refractivity contribution in [3.8, 4) is 11.8 Å². The lowest BCUT2D eigenvalue weighted by atomic mass is 10.2. The second kappa shape index (κ2) is 5.74. The summed E-state index contributed by atoms with van der Waals surface area (Å²) < 4.78 is 22.7. The van der Waals surface area contributed by atoms with E-state index in [1.54, 1.807) is 11.4 Å². The van der Waals surface area contributed by atoms with Gasteiger partial charge in [-0.05, 0) is 17.9 Å². The van der Waals surface area contributed by atoms with E-state index in [4.69, 9.17) is 5.73 Å². The van der Waals surface area contributed by atoms with Gasteiger partial charge in [0.25, 0.3) is 5.91 Å². The van der Waals surface area contributed by atoms with Crippen molar-refractivity contribution in [3.05, 3.63) is 21.9 Å². The number of nitrogens with one attached hydrogen (secondary N) is 1. The minimum absolute atomic E-state index is 0.0218. The molecule has 0 saturated carbocycles. The molecule has 7 heteroatoms. The van der Waals surface area contributed by atoms with E-state index in [1.165, 1.54) is 11.3 Å². The minimum atomic E-state index is -2.99. The number of amides is 1. The Morgan fingerprint density at radius 2 is 2.37 bits per heavy atom. The fraction of sp³-hybridized carbons (Fsp3) is 0.417. The monoisotopic (exact) mass is 298 g/mol. The molecule has 1 fully saturated rings. The van der Waals surface area contributed by atoms with E-state index in [-0.39, 0.29) is 30.0 Å². The van der Waals surface area contributed by atoms with Gasteiger partial charge < -0.3 is 11.1 Å². The summed E-state index contributed by atoms with van der Waals surface area (Å²) in [6, 6.07) is 1.46. The van der Waals surface area contributed by atoms with Gasteiger partial charge in [-0.2, -0.15) is 0 Å². The smallest absolute Gasteiger partial charge is 0.262 e. The molecule has 19 heavy (non-hydrogen) atoms. The van der Waals surface area contributed by atoms with Gasteiger partial charge in [0, 0.05) is 11.6 Å². The predicted molar refractivity (Wildman–Crippen MR) is 74.8 cm³/mol. The first-order chi connectivity index (χ1) is 9.02. The molecule has 1 aliphatic rings. The van der Waals surface area contributed by atoms with Gasteiger partial charge in [-0.15, -0.1) is 11.3 Å². The van der Waals surface area contributed by atoms with Crippen LogP contribution < -0.4 is 11.1 Å². The Hall–Kier alpha value is -1.36. The first-order valence-corrected chi connectivity index (χ1v) is 8.49. The molecule has 0 aliphatic carbocycles. The summed E-state index contributed by atoms with van der Waals surface area (Å²) in [4.78, 5) is 12.6. The Morgan fingerprint density at radius 3 is 3.00 bits per heavy atom. The lowest BCUT2D eigenvalue weighted by Gasteiger charge is -2.09. The van der Waals surface area contributed by atoms with Crippen LogP contribution in [0.15, 0.2) is 11.4 Å². The Balaban J connectivity index is 2.07. The number of carbonyl (C=O) groups is 1. The molecule has 102 valence electrons. The maximum Gasteiger partial charge on any atom is 0.262 e. The number of sulfone groups is 1. The van der Waals surface area contributed by atoms with Crippen LogP contribution in [-0.2, 0) is 9.84 Å². The SMILES string of the molecule is NCC#Cc1ccsc1C(=O)NC1CCS(=O)(=O)C1. The maximum absolute atomic E-state index is 12.1. The minimum Gasteiger partial charge on any atom is -0.348 e.